The van der Waals surface area contributed by atoms with Crippen molar-refractivity contribution in [3.63, 3.8) is 0 Å². The van der Waals surface area contributed by atoms with Crippen molar-refractivity contribution in [2.75, 3.05) is 13.1 Å². The molecule has 0 radical (unpaired) electrons. The molecule has 0 rings (SSSR count). The minimum Gasteiger partial charge on any atom is -0.391 e. The second kappa shape index (κ2) is 7.34. The highest BCUT2D eigenvalue weighted by atomic mass is 16.3. The van der Waals surface area contributed by atoms with Crippen molar-refractivity contribution in [2.24, 2.45) is 0 Å². The quantitative estimate of drug-likeness (QED) is 0.661. The molecule has 0 aromatic heterocycles. The fourth-order valence-electron chi connectivity index (χ4n) is 1.95. The zero-order chi connectivity index (χ0) is 10.3. The zero-order valence-corrected chi connectivity index (χ0v) is 9.58. The highest BCUT2D eigenvalue weighted by Crippen LogP contribution is 2.12. The fraction of sp³-hybridized carbons (Fsp3) is 1.00. The summed E-state index contributed by atoms with van der Waals surface area (Å²) in [5.41, 5.74) is 0. The largest absolute Gasteiger partial charge is 0.391 e. The van der Waals surface area contributed by atoms with Crippen LogP contribution in [0.4, 0.5) is 0 Å². The average molecular weight is 187 g/mol. The molecule has 0 bridgehead atoms. The lowest BCUT2D eigenvalue weighted by Gasteiger charge is -2.32. The molecular formula is C11H25NO. The summed E-state index contributed by atoms with van der Waals surface area (Å²) in [6, 6.07) is 0.356. The number of aliphatic hydroxyl groups excluding tert-OH is 1. The van der Waals surface area contributed by atoms with Crippen LogP contribution in [-0.2, 0) is 0 Å². The highest BCUT2D eigenvalue weighted by Gasteiger charge is 2.21. The second-order valence-electron chi connectivity index (χ2n) is 3.55. The van der Waals surface area contributed by atoms with Crippen molar-refractivity contribution in [3.05, 3.63) is 0 Å². The van der Waals surface area contributed by atoms with Crippen LogP contribution in [0.3, 0.4) is 0 Å². The van der Waals surface area contributed by atoms with E-state index in [1.807, 2.05) is 0 Å². The molecule has 0 heterocycles. The Hall–Kier alpha value is -0.0800. The van der Waals surface area contributed by atoms with E-state index in [0.717, 1.165) is 32.4 Å². The third kappa shape index (κ3) is 4.10. The predicted octanol–water partition coefficient (Wildman–Crippen LogP) is 2.27. The minimum absolute atomic E-state index is 0.144. The van der Waals surface area contributed by atoms with Crippen LogP contribution in [0.15, 0.2) is 0 Å². The van der Waals surface area contributed by atoms with Crippen molar-refractivity contribution in [3.8, 4) is 0 Å². The van der Waals surface area contributed by atoms with Crippen LogP contribution in [0.25, 0.3) is 0 Å². The maximum Gasteiger partial charge on any atom is 0.0695 e. The van der Waals surface area contributed by atoms with Gasteiger partial charge in [-0.2, -0.15) is 0 Å². The van der Waals surface area contributed by atoms with Gasteiger partial charge in [0.15, 0.2) is 0 Å². The first-order chi connectivity index (χ1) is 6.21. The van der Waals surface area contributed by atoms with E-state index in [9.17, 15) is 5.11 Å². The third-order valence-electron chi connectivity index (χ3n) is 2.73. The molecule has 0 spiro atoms. The van der Waals surface area contributed by atoms with Gasteiger partial charge in [-0.15, -0.1) is 0 Å². The molecule has 0 fully saturated rings. The SMILES string of the molecule is CCCC(O)C(CC)N(CC)CC. The Morgan fingerprint density at radius 3 is 1.92 bits per heavy atom. The lowest BCUT2D eigenvalue weighted by atomic mass is 10.0. The van der Waals surface area contributed by atoms with Gasteiger partial charge in [0.25, 0.3) is 0 Å². The van der Waals surface area contributed by atoms with Gasteiger partial charge in [0.2, 0.25) is 0 Å². The van der Waals surface area contributed by atoms with Gasteiger partial charge in [-0.3, -0.25) is 4.90 Å². The number of hydrogen-bond donors (Lipinski definition) is 1. The van der Waals surface area contributed by atoms with Gasteiger partial charge in [0.05, 0.1) is 6.10 Å². The van der Waals surface area contributed by atoms with Crippen LogP contribution in [0.2, 0.25) is 0 Å². The first-order valence-corrected chi connectivity index (χ1v) is 5.63. The molecule has 1 N–H and O–H groups in total. The van der Waals surface area contributed by atoms with Crippen LogP contribution >= 0.6 is 0 Å². The molecule has 2 heteroatoms. The van der Waals surface area contributed by atoms with E-state index in [2.05, 4.69) is 32.6 Å². The molecule has 0 aromatic carbocycles. The third-order valence-corrected chi connectivity index (χ3v) is 2.73. The normalized spacial score (nSPS) is 16.2. The van der Waals surface area contributed by atoms with Crippen molar-refractivity contribution in [2.45, 2.75) is 59.1 Å². The number of rotatable bonds is 7. The first-order valence-electron chi connectivity index (χ1n) is 5.63. The fourth-order valence-corrected chi connectivity index (χ4v) is 1.95. The van der Waals surface area contributed by atoms with Crippen molar-refractivity contribution >= 4 is 0 Å². The second-order valence-corrected chi connectivity index (χ2v) is 3.55. The summed E-state index contributed by atoms with van der Waals surface area (Å²) in [6.07, 6.45) is 2.89. The molecule has 80 valence electrons. The number of nitrogens with zero attached hydrogens (tertiary/aromatic N) is 1. The standard InChI is InChI=1S/C11H25NO/c1-5-9-11(13)10(6-2)12(7-3)8-4/h10-11,13H,5-9H2,1-4H3. The summed E-state index contributed by atoms with van der Waals surface area (Å²) in [7, 11) is 0. The average Bonchev–Trinajstić information content (AvgIpc) is 2.14. The van der Waals surface area contributed by atoms with E-state index < -0.39 is 0 Å². The van der Waals surface area contributed by atoms with Crippen LogP contribution < -0.4 is 0 Å². The van der Waals surface area contributed by atoms with Crippen LogP contribution in [-0.4, -0.2) is 35.2 Å². The molecule has 0 saturated carbocycles. The number of hydrogen-bond acceptors (Lipinski definition) is 2. The van der Waals surface area contributed by atoms with Gasteiger partial charge in [0.1, 0.15) is 0 Å². The summed E-state index contributed by atoms with van der Waals surface area (Å²) in [5.74, 6) is 0. The molecule has 2 nitrogen and oxygen atoms in total. The lowest BCUT2D eigenvalue weighted by molar-refractivity contribution is 0.0459. The Morgan fingerprint density at radius 2 is 1.62 bits per heavy atom. The number of likely N-dealkylation sites (N-methyl/N-ethyl adjacent to an activating group) is 1. The van der Waals surface area contributed by atoms with E-state index in [0.29, 0.717) is 6.04 Å². The topological polar surface area (TPSA) is 23.5 Å². The van der Waals surface area contributed by atoms with Gasteiger partial charge in [-0.1, -0.05) is 34.1 Å². The Kier molecular flexibility index (Phi) is 7.29. The molecule has 0 aliphatic rings. The smallest absolute Gasteiger partial charge is 0.0695 e. The highest BCUT2D eigenvalue weighted by molar-refractivity contribution is 4.76. The monoisotopic (exact) mass is 187 g/mol. The van der Waals surface area contributed by atoms with Gasteiger partial charge in [-0.05, 0) is 25.9 Å². The Bertz CT molecular complexity index is 113. The summed E-state index contributed by atoms with van der Waals surface area (Å²) in [6.45, 7) is 10.7. The van der Waals surface area contributed by atoms with Crippen molar-refractivity contribution < 1.29 is 5.11 Å². The van der Waals surface area contributed by atoms with Crippen molar-refractivity contribution in [1.29, 1.82) is 0 Å². The number of aliphatic hydroxyl groups is 1. The molecule has 0 aliphatic heterocycles. The van der Waals surface area contributed by atoms with Crippen LogP contribution in [0.5, 0.6) is 0 Å². The van der Waals surface area contributed by atoms with Crippen LogP contribution in [0, 0.1) is 0 Å². The predicted molar refractivity (Wildman–Crippen MR) is 57.9 cm³/mol. The Balaban J connectivity index is 4.11. The summed E-state index contributed by atoms with van der Waals surface area (Å²) in [4.78, 5) is 2.35. The molecule has 0 saturated heterocycles. The molecular weight excluding hydrogens is 162 g/mol. The molecule has 13 heavy (non-hydrogen) atoms. The van der Waals surface area contributed by atoms with E-state index in [4.69, 9.17) is 0 Å². The van der Waals surface area contributed by atoms with Gasteiger partial charge >= 0.3 is 0 Å². The maximum absolute atomic E-state index is 9.90. The molecule has 0 aliphatic carbocycles. The zero-order valence-electron chi connectivity index (χ0n) is 9.58. The van der Waals surface area contributed by atoms with E-state index in [1.165, 1.54) is 0 Å². The Morgan fingerprint density at radius 1 is 1.08 bits per heavy atom. The molecule has 0 amide bonds. The van der Waals surface area contributed by atoms with Crippen LogP contribution in [0.1, 0.15) is 47.0 Å². The summed E-state index contributed by atoms with van der Waals surface area (Å²) >= 11 is 0. The molecule has 0 aromatic rings. The first kappa shape index (κ1) is 12.9. The van der Waals surface area contributed by atoms with E-state index in [-0.39, 0.29) is 6.10 Å². The summed E-state index contributed by atoms with van der Waals surface area (Å²) < 4.78 is 0. The minimum atomic E-state index is -0.144. The van der Waals surface area contributed by atoms with Gasteiger partial charge in [-0.25, -0.2) is 0 Å². The van der Waals surface area contributed by atoms with Gasteiger partial charge in [0, 0.05) is 6.04 Å². The van der Waals surface area contributed by atoms with E-state index >= 15 is 0 Å². The van der Waals surface area contributed by atoms with Gasteiger partial charge < -0.3 is 5.11 Å². The molecule has 2 unspecified atom stereocenters. The Labute approximate surface area is 82.9 Å². The van der Waals surface area contributed by atoms with Crippen molar-refractivity contribution in [1.82, 2.24) is 4.90 Å². The maximum atomic E-state index is 9.90. The molecule has 2 atom stereocenters. The lowest BCUT2D eigenvalue weighted by Crippen LogP contribution is -2.43. The summed E-state index contributed by atoms with van der Waals surface area (Å²) in [5, 5.41) is 9.90. The van der Waals surface area contributed by atoms with E-state index in [1.54, 1.807) is 0 Å².